The lowest BCUT2D eigenvalue weighted by Gasteiger charge is -2.42. The van der Waals surface area contributed by atoms with Crippen molar-refractivity contribution in [3.63, 3.8) is 0 Å². The number of hydrogen-bond donors (Lipinski definition) is 10. The lowest BCUT2D eigenvalue weighted by molar-refractivity contribution is -0.131. The van der Waals surface area contributed by atoms with Crippen LogP contribution in [0.2, 0.25) is 5.82 Å². The van der Waals surface area contributed by atoms with Gasteiger partial charge in [0.25, 0.3) is 0 Å². The van der Waals surface area contributed by atoms with E-state index in [0.29, 0.717) is 43.3 Å². The molecule has 3 saturated carbocycles. The third-order valence-electron chi connectivity index (χ3n) is 10.2. The smallest absolute Gasteiger partial charge is 0.243 e. The van der Waals surface area contributed by atoms with Gasteiger partial charge in [0.15, 0.2) is 17.5 Å². The molecule has 2 aromatic heterocycles. The zero-order chi connectivity index (χ0) is 52.3. The lowest BCUT2D eigenvalue weighted by atomic mass is 9.68. The van der Waals surface area contributed by atoms with Crippen molar-refractivity contribution in [3.05, 3.63) is 77.4 Å². The maximum absolute atomic E-state index is 14.2. The number of hydrogen-bond acceptors (Lipinski definition) is 15. The second kappa shape index (κ2) is 36.5. The number of nitrogens with two attached hydrogens (primary N) is 2. The summed E-state index contributed by atoms with van der Waals surface area (Å²) < 4.78 is 27.7. The Labute approximate surface area is 411 Å². The van der Waals surface area contributed by atoms with Crippen LogP contribution in [0.5, 0.6) is 0 Å². The van der Waals surface area contributed by atoms with Crippen LogP contribution < -0.4 is 48.8 Å². The Morgan fingerprint density at radius 2 is 1.61 bits per heavy atom. The monoisotopic (exact) mass is 980 g/mol. The average molecular weight is 980 g/mol. The molecule has 384 valence electrons. The van der Waals surface area contributed by atoms with Crippen molar-refractivity contribution in [2.45, 2.75) is 110 Å². The quantitative estimate of drug-likeness (QED) is 0.0163. The SMILES string of the molecule is CC.CNCC(=O)NC(Cc1ccccc1)C(=O)NCC(=O)NCONC=O.N=C(c1ncc(F)c(NC2CC3CCC2CC3)n1)c1cc(F)cnc1N.NCCCCCC(=O)NCC=O.[B]C(C)C. The summed E-state index contributed by atoms with van der Waals surface area (Å²) in [5.74, 6) is -0.936. The highest BCUT2D eigenvalue weighted by molar-refractivity contribution is 6.11. The molecule has 0 aliphatic heterocycles. The number of likely N-dealkylation sites (N-methyl/N-ethyl adjacent to an activating group) is 1. The number of aromatic nitrogens is 3. The van der Waals surface area contributed by atoms with Crippen molar-refractivity contribution in [2.24, 2.45) is 17.6 Å². The molecule has 20 nitrogen and oxygen atoms in total. The van der Waals surface area contributed by atoms with Crippen LogP contribution in [0.1, 0.15) is 102 Å². The number of anilines is 2. The van der Waals surface area contributed by atoms with Gasteiger partial charge in [-0.15, -0.1) is 0 Å². The Bertz CT molecular complexity index is 2030. The summed E-state index contributed by atoms with van der Waals surface area (Å²) in [6, 6.07) is 9.67. The minimum Gasteiger partial charge on any atom is -0.383 e. The number of nitrogen functional groups attached to an aromatic ring is 1. The van der Waals surface area contributed by atoms with Crippen LogP contribution in [0.4, 0.5) is 20.4 Å². The first-order valence-corrected chi connectivity index (χ1v) is 23.4. The van der Waals surface area contributed by atoms with Crippen LogP contribution >= 0.6 is 0 Å². The molecule has 5 amide bonds. The molecule has 0 saturated heterocycles. The van der Waals surface area contributed by atoms with E-state index in [1.54, 1.807) is 7.05 Å². The van der Waals surface area contributed by atoms with Crippen LogP contribution in [0.15, 0.2) is 48.8 Å². The summed E-state index contributed by atoms with van der Waals surface area (Å²) in [5, 5.41) is 24.0. The number of unbranched alkanes of at least 4 members (excludes halogenated alkanes) is 2. The minimum absolute atomic E-state index is 0.00317. The van der Waals surface area contributed by atoms with Gasteiger partial charge < -0.3 is 48.2 Å². The number of hydroxylamine groups is 1. The Balaban J connectivity index is 0.000000525. The Kier molecular flexibility index (Phi) is 32.1. The molecular formula is C47H72BF2N13O7. The van der Waals surface area contributed by atoms with E-state index in [9.17, 15) is 37.5 Å². The van der Waals surface area contributed by atoms with Crippen molar-refractivity contribution in [2.75, 3.05) is 51.0 Å². The van der Waals surface area contributed by atoms with E-state index in [1.165, 1.54) is 12.8 Å². The highest BCUT2D eigenvalue weighted by Gasteiger charge is 2.36. The zero-order valence-corrected chi connectivity index (χ0v) is 41.0. The number of carbonyl (C=O) groups is 6. The Morgan fingerprint density at radius 1 is 0.929 bits per heavy atom. The average Bonchev–Trinajstić information content (AvgIpc) is 3.35. The van der Waals surface area contributed by atoms with E-state index in [4.69, 9.17) is 24.7 Å². The van der Waals surface area contributed by atoms with Gasteiger partial charge in [-0.3, -0.25) is 34.2 Å². The summed E-state index contributed by atoms with van der Waals surface area (Å²) in [6.45, 7) is 8.22. The van der Waals surface area contributed by atoms with E-state index in [1.807, 2.05) is 63.5 Å². The fourth-order valence-corrected chi connectivity index (χ4v) is 6.95. The second-order valence-electron chi connectivity index (χ2n) is 16.1. The molecule has 2 bridgehead atoms. The summed E-state index contributed by atoms with van der Waals surface area (Å²) in [6.07, 6.45) is 12.4. The number of rotatable bonds is 23. The molecule has 2 heterocycles. The fourth-order valence-electron chi connectivity index (χ4n) is 6.95. The third kappa shape index (κ3) is 25.8. The highest BCUT2D eigenvalue weighted by Crippen LogP contribution is 2.42. The van der Waals surface area contributed by atoms with Gasteiger partial charge in [0, 0.05) is 24.4 Å². The highest BCUT2D eigenvalue weighted by atomic mass is 19.1. The number of nitrogens with one attached hydrogen (secondary N) is 8. The van der Waals surface area contributed by atoms with Crippen LogP contribution in [-0.2, 0) is 40.0 Å². The van der Waals surface area contributed by atoms with E-state index in [2.05, 4.69) is 51.7 Å². The van der Waals surface area contributed by atoms with Crippen LogP contribution in [0, 0.1) is 28.9 Å². The molecule has 3 fully saturated rings. The molecule has 70 heavy (non-hydrogen) atoms. The van der Waals surface area contributed by atoms with Gasteiger partial charge in [-0.2, -0.15) is 0 Å². The van der Waals surface area contributed by atoms with Crippen molar-refractivity contribution < 1.29 is 42.4 Å². The molecule has 3 aliphatic rings. The van der Waals surface area contributed by atoms with Gasteiger partial charge in [-0.25, -0.2) is 29.2 Å². The maximum atomic E-state index is 14.2. The molecule has 12 N–H and O–H groups in total. The topological polar surface area (TPSA) is 310 Å². The van der Waals surface area contributed by atoms with Crippen LogP contribution in [-0.4, -0.2) is 117 Å². The number of benzene rings is 1. The number of aldehydes is 1. The summed E-state index contributed by atoms with van der Waals surface area (Å²) in [7, 11) is 6.73. The van der Waals surface area contributed by atoms with E-state index in [-0.39, 0.29) is 79.4 Å². The molecule has 1 aromatic carbocycles. The predicted octanol–water partition coefficient (Wildman–Crippen LogP) is 2.77. The van der Waals surface area contributed by atoms with Crippen molar-refractivity contribution >= 4 is 61.5 Å². The lowest BCUT2D eigenvalue weighted by Crippen LogP contribution is -2.51. The number of pyridine rings is 1. The largest absolute Gasteiger partial charge is 0.383 e. The first-order valence-electron chi connectivity index (χ1n) is 23.4. The van der Waals surface area contributed by atoms with E-state index >= 15 is 0 Å². The first-order chi connectivity index (χ1) is 33.6. The normalized spacial score (nSPS) is 15.4. The standard InChI is InChI=1S/C18H20F2N6.C16H23N5O5.C8H16N2O2.C3H7B.C2H6/c19-11-6-12(16(22)23-7-11)15(21)18-24-8-13(20)17(26-18)25-14-5-9-1-3-10(14)4-2-9;1-17-8-15(24)21-13(7-12-5-3-2-4-6-12)16(25)18-9-14(23)19-11-26-20-10-22;9-5-3-1-2-4-8(12)10-6-7-11;1-3(2)4;1-2/h6-10,14,21H,1-5H2,(H2,22,23)(H,24,25,26);2-6,10,13,17H,7-9,11H2,1H3,(H,18,25)(H,19,23)(H,20,22)(H,21,24);7H,1-6,9H2,(H,10,12);3H,1-2H3;1-2H3. The Hall–Kier alpha value is -6.46. The number of nitrogens with zero attached hydrogens (tertiary/aromatic N) is 3. The number of fused-ring (bicyclic) bond motifs is 3. The Morgan fingerprint density at radius 3 is 2.21 bits per heavy atom. The van der Waals surface area contributed by atoms with Gasteiger partial charge in [-0.1, -0.05) is 83.1 Å². The number of carbonyl (C=O) groups excluding carboxylic acids is 6. The molecule has 23 heteroatoms. The van der Waals surface area contributed by atoms with Gasteiger partial charge in [0.2, 0.25) is 30.0 Å². The maximum Gasteiger partial charge on any atom is 0.243 e. The van der Waals surface area contributed by atoms with Crippen molar-refractivity contribution in [1.82, 2.24) is 47.0 Å². The molecule has 2 atom stereocenters. The zero-order valence-electron chi connectivity index (χ0n) is 41.0. The van der Waals surface area contributed by atoms with Gasteiger partial charge in [0.05, 0.1) is 39.9 Å². The first kappa shape index (κ1) is 61.6. The molecule has 3 aromatic rings. The van der Waals surface area contributed by atoms with E-state index in [0.717, 1.165) is 62.5 Å². The van der Waals surface area contributed by atoms with Crippen LogP contribution in [0.25, 0.3) is 0 Å². The number of amides is 5. The second-order valence-corrected chi connectivity index (χ2v) is 16.1. The van der Waals surface area contributed by atoms with Crippen molar-refractivity contribution in [3.8, 4) is 0 Å². The molecule has 2 radical (unpaired) electrons. The molecule has 3 aliphatic carbocycles. The van der Waals surface area contributed by atoms with Gasteiger partial charge >= 0.3 is 0 Å². The molecule has 0 spiro atoms. The summed E-state index contributed by atoms with van der Waals surface area (Å²) >= 11 is 0. The minimum atomic E-state index is -0.820. The van der Waals surface area contributed by atoms with Gasteiger partial charge in [-0.05, 0) is 69.2 Å². The molecule has 2 unspecified atom stereocenters. The molecule has 6 rings (SSSR count). The fraction of sp³-hybridized carbons (Fsp3) is 0.532. The predicted molar refractivity (Wildman–Crippen MR) is 265 cm³/mol. The summed E-state index contributed by atoms with van der Waals surface area (Å²) in [4.78, 5) is 82.7. The number of halogens is 2. The van der Waals surface area contributed by atoms with Crippen LogP contribution in [0.3, 0.4) is 0 Å². The summed E-state index contributed by atoms with van der Waals surface area (Å²) in [5.41, 5.74) is 13.7. The van der Waals surface area contributed by atoms with E-state index < -0.39 is 29.5 Å². The molecular weight excluding hydrogens is 907 g/mol. The third-order valence-corrected chi connectivity index (χ3v) is 10.2. The van der Waals surface area contributed by atoms with Crippen molar-refractivity contribution in [1.29, 1.82) is 5.41 Å². The van der Waals surface area contributed by atoms with Gasteiger partial charge in [0.1, 0.15) is 36.4 Å².